The molecule has 2 fully saturated rings. The highest BCUT2D eigenvalue weighted by Gasteiger charge is 2.36. The molecular weight excluding hydrogens is 256 g/mol. The molecule has 0 aromatic heterocycles. The first-order valence-electron chi connectivity index (χ1n) is 8.80. The molecule has 1 saturated heterocycles. The monoisotopic (exact) mass is 286 g/mol. The van der Waals surface area contributed by atoms with E-state index in [0.29, 0.717) is 18.0 Å². The van der Waals surface area contributed by atoms with E-state index in [9.17, 15) is 0 Å². The topological polar surface area (TPSA) is 24.1 Å². The van der Waals surface area contributed by atoms with Gasteiger partial charge >= 0.3 is 0 Å². The van der Waals surface area contributed by atoms with Gasteiger partial charge in [-0.05, 0) is 49.6 Å². The van der Waals surface area contributed by atoms with Crippen LogP contribution in [0.25, 0.3) is 0 Å². The molecule has 1 aromatic carbocycles. The van der Waals surface area contributed by atoms with E-state index in [1.54, 1.807) is 0 Å². The van der Waals surface area contributed by atoms with Crippen molar-refractivity contribution in [1.82, 2.24) is 10.6 Å². The first kappa shape index (κ1) is 15.1. The highest BCUT2D eigenvalue weighted by Crippen LogP contribution is 2.34. The fourth-order valence-corrected chi connectivity index (χ4v) is 4.32. The Balaban J connectivity index is 1.70. The van der Waals surface area contributed by atoms with Gasteiger partial charge in [0.05, 0.1) is 0 Å². The lowest BCUT2D eigenvalue weighted by atomic mass is 9.89. The second-order valence-electron chi connectivity index (χ2n) is 7.20. The van der Waals surface area contributed by atoms with Crippen molar-refractivity contribution in [2.24, 2.45) is 11.8 Å². The molecule has 1 saturated carbocycles. The fraction of sp³-hybridized carbons (Fsp3) is 0.684. The van der Waals surface area contributed by atoms with Crippen LogP contribution in [0, 0.1) is 11.8 Å². The molecule has 21 heavy (non-hydrogen) atoms. The maximum absolute atomic E-state index is 4.02. The average Bonchev–Trinajstić information content (AvgIpc) is 3.16. The summed E-state index contributed by atoms with van der Waals surface area (Å²) in [6, 6.07) is 12.9. The minimum atomic E-state index is 0.484. The lowest BCUT2D eigenvalue weighted by Crippen LogP contribution is -2.44. The van der Waals surface area contributed by atoms with Crippen molar-refractivity contribution < 1.29 is 0 Å². The van der Waals surface area contributed by atoms with Crippen molar-refractivity contribution in [2.75, 3.05) is 6.54 Å². The zero-order chi connectivity index (χ0) is 14.7. The molecule has 2 aliphatic rings. The van der Waals surface area contributed by atoms with Crippen molar-refractivity contribution in [3.05, 3.63) is 35.9 Å². The molecule has 4 atom stereocenters. The Bertz CT molecular complexity index is 422. The van der Waals surface area contributed by atoms with Crippen LogP contribution in [0.2, 0.25) is 0 Å². The van der Waals surface area contributed by atoms with Crippen LogP contribution < -0.4 is 10.6 Å². The minimum Gasteiger partial charge on any atom is -0.314 e. The summed E-state index contributed by atoms with van der Waals surface area (Å²) in [6.45, 7) is 5.89. The average molecular weight is 286 g/mol. The lowest BCUT2D eigenvalue weighted by molar-refractivity contribution is 0.273. The summed E-state index contributed by atoms with van der Waals surface area (Å²) in [5.74, 6) is 1.46. The van der Waals surface area contributed by atoms with E-state index >= 15 is 0 Å². The molecule has 2 nitrogen and oxygen atoms in total. The molecule has 1 aliphatic heterocycles. The van der Waals surface area contributed by atoms with Crippen molar-refractivity contribution >= 4 is 0 Å². The molecule has 3 rings (SSSR count). The molecule has 0 spiro atoms. The number of hydrogen-bond acceptors (Lipinski definition) is 2. The van der Waals surface area contributed by atoms with Crippen LogP contribution >= 0.6 is 0 Å². The lowest BCUT2D eigenvalue weighted by Gasteiger charge is -2.32. The first-order chi connectivity index (χ1) is 10.3. The molecule has 1 aromatic rings. The number of nitrogens with one attached hydrogen (secondary N) is 2. The van der Waals surface area contributed by atoms with E-state index < -0.39 is 0 Å². The van der Waals surface area contributed by atoms with Crippen molar-refractivity contribution in [3.63, 3.8) is 0 Å². The van der Waals surface area contributed by atoms with E-state index in [-0.39, 0.29) is 0 Å². The van der Waals surface area contributed by atoms with E-state index in [0.717, 1.165) is 12.0 Å². The second-order valence-corrected chi connectivity index (χ2v) is 7.20. The molecule has 0 radical (unpaired) electrons. The van der Waals surface area contributed by atoms with Crippen LogP contribution in [0.3, 0.4) is 0 Å². The third-order valence-electron chi connectivity index (χ3n) is 5.40. The number of rotatable bonds is 5. The Labute approximate surface area is 129 Å². The Morgan fingerprint density at radius 1 is 1.05 bits per heavy atom. The van der Waals surface area contributed by atoms with Gasteiger partial charge in [0.1, 0.15) is 0 Å². The molecule has 2 N–H and O–H groups in total. The van der Waals surface area contributed by atoms with Crippen molar-refractivity contribution in [2.45, 2.75) is 64.1 Å². The Hall–Kier alpha value is -0.860. The largest absolute Gasteiger partial charge is 0.314 e. The third kappa shape index (κ3) is 3.49. The molecule has 0 bridgehead atoms. The van der Waals surface area contributed by atoms with Crippen molar-refractivity contribution in [1.29, 1.82) is 0 Å². The Kier molecular flexibility index (Phi) is 4.97. The van der Waals surface area contributed by atoms with E-state index in [4.69, 9.17) is 0 Å². The number of benzene rings is 1. The molecule has 1 heterocycles. The van der Waals surface area contributed by atoms with Gasteiger partial charge in [0.2, 0.25) is 0 Å². The van der Waals surface area contributed by atoms with Crippen LogP contribution in [0.4, 0.5) is 0 Å². The summed E-state index contributed by atoms with van der Waals surface area (Å²) in [7, 11) is 0. The van der Waals surface area contributed by atoms with Crippen LogP contribution in [0.5, 0.6) is 0 Å². The Morgan fingerprint density at radius 3 is 2.52 bits per heavy atom. The van der Waals surface area contributed by atoms with E-state index in [1.165, 1.54) is 44.2 Å². The highest BCUT2D eigenvalue weighted by atomic mass is 15.0. The van der Waals surface area contributed by atoms with Gasteiger partial charge in [0, 0.05) is 18.1 Å². The quantitative estimate of drug-likeness (QED) is 0.858. The normalized spacial score (nSPS) is 30.9. The van der Waals surface area contributed by atoms with Crippen molar-refractivity contribution in [3.8, 4) is 0 Å². The zero-order valence-corrected chi connectivity index (χ0v) is 13.5. The van der Waals surface area contributed by atoms with Crippen LogP contribution in [-0.4, -0.2) is 18.6 Å². The molecular formula is C19H30N2. The summed E-state index contributed by atoms with van der Waals surface area (Å²) >= 11 is 0. The van der Waals surface area contributed by atoms with Gasteiger partial charge < -0.3 is 10.6 Å². The second kappa shape index (κ2) is 6.93. The fourth-order valence-electron chi connectivity index (χ4n) is 4.32. The highest BCUT2D eigenvalue weighted by molar-refractivity contribution is 5.20. The number of hydrogen-bond donors (Lipinski definition) is 2. The summed E-state index contributed by atoms with van der Waals surface area (Å²) in [5.41, 5.74) is 1.44. The zero-order valence-electron chi connectivity index (χ0n) is 13.5. The van der Waals surface area contributed by atoms with Gasteiger partial charge in [-0.3, -0.25) is 0 Å². The van der Waals surface area contributed by atoms with Crippen LogP contribution in [-0.2, 0) is 0 Å². The molecule has 4 unspecified atom stereocenters. The summed E-state index contributed by atoms with van der Waals surface area (Å²) in [6.07, 6.45) is 6.87. The minimum absolute atomic E-state index is 0.484. The van der Waals surface area contributed by atoms with Crippen LogP contribution in [0.15, 0.2) is 30.3 Å². The summed E-state index contributed by atoms with van der Waals surface area (Å²) in [4.78, 5) is 0. The maximum atomic E-state index is 4.02. The third-order valence-corrected chi connectivity index (χ3v) is 5.40. The predicted molar refractivity (Wildman–Crippen MR) is 89.3 cm³/mol. The van der Waals surface area contributed by atoms with Gasteiger partial charge in [0.15, 0.2) is 0 Å². The van der Waals surface area contributed by atoms with Gasteiger partial charge in [-0.15, -0.1) is 0 Å². The van der Waals surface area contributed by atoms with Gasteiger partial charge in [0.25, 0.3) is 0 Å². The van der Waals surface area contributed by atoms with Gasteiger partial charge in [-0.1, -0.05) is 50.6 Å². The molecule has 2 heteroatoms. The predicted octanol–water partition coefficient (Wildman–Crippen LogP) is 3.89. The Morgan fingerprint density at radius 2 is 1.86 bits per heavy atom. The molecule has 1 aliphatic carbocycles. The SMILES string of the molecule is CC(C)C(NC1CCCC1C1CCCN1)c1ccccc1. The first-order valence-corrected chi connectivity index (χ1v) is 8.80. The van der Waals surface area contributed by atoms with Gasteiger partial charge in [-0.2, -0.15) is 0 Å². The smallest absolute Gasteiger partial charge is 0.0345 e. The molecule has 0 amide bonds. The van der Waals surface area contributed by atoms with Gasteiger partial charge in [-0.25, -0.2) is 0 Å². The van der Waals surface area contributed by atoms with Crippen LogP contribution in [0.1, 0.15) is 57.6 Å². The van der Waals surface area contributed by atoms with E-state index in [2.05, 4.69) is 54.8 Å². The molecule has 116 valence electrons. The maximum Gasteiger partial charge on any atom is 0.0345 e. The van der Waals surface area contributed by atoms with E-state index in [1.807, 2.05) is 0 Å². The summed E-state index contributed by atoms with van der Waals surface area (Å²) in [5, 5.41) is 7.75. The standard InChI is InChI=1S/C19H30N2/c1-14(2)19(15-8-4-3-5-9-15)21-18-11-6-10-16(18)17-12-7-13-20-17/h3-5,8-9,14,16-21H,6-7,10-13H2,1-2H3. The summed E-state index contributed by atoms with van der Waals surface area (Å²) < 4.78 is 0.